The molecule has 0 aliphatic carbocycles. The van der Waals surface area contributed by atoms with E-state index in [0.29, 0.717) is 31.2 Å². The highest BCUT2D eigenvalue weighted by atomic mass is 32.2. The first-order valence-corrected chi connectivity index (χ1v) is 12.1. The number of carbonyl (C=O) groups is 2. The molecule has 7 heteroatoms. The highest BCUT2D eigenvalue weighted by Gasteiger charge is 2.27. The Morgan fingerprint density at radius 2 is 1.77 bits per heavy atom. The number of ether oxygens (including phenoxy) is 1. The van der Waals surface area contributed by atoms with E-state index in [1.165, 1.54) is 0 Å². The van der Waals surface area contributed by atoms with E-state index in [0.717, 1.165) is 24.7 Å². The molecule has 0 radical (unpaired) electrons. The summed E-state index contributed by atoms with van der Waals surface area (Å²) in [5.74, 6) is -0.147. The van der Waals surface area contributed by atoms with Gasteiger partial charge in [0.2, 0.25) is 0 Å². The first-order valence-electron chi connectivity index (χ1n) is 10.2. The van der Waals surface area contributed by atoms with Crippen molar-refractivity contribution >= 4 is 21.4 Å². The lowest BCUT2D eigenvalue weighted by atomic mass is 9.81. The Bertz CT molecular complexity index is 964. The lowest BCUT2D eigenvalue weighted by Crippen LogP contribution is -2.22. The molecule has 0 amide bonds. The molecule has 1 atom stereocenters. The summed E-state index contributed by atoms with van der Waals surface area (Å²) in [7, 11) is -3.30. The number of hydrogen-bond donors (Lipinski definition) is 0. The van der Waals surface area contributed by atoms with Gasteiger partial charge in [-0.1, -0.05) is 18.2 Å². The van der Waals surface area contributed by atoms with E-state index in [-0.39, 0.29) is 35.2 Å². The zero-order valence-corrected chi connectivity index (χ0v) is 17.9. The van der Waals surface area contributed by atoms with Crippen LogP contribution in [0.5, 0.6) is 0 Å². The van der Waals surface area contributed by atoms with E-state index < -0.39 is 9.84 Å². The third-order valence-electron chi connectivity index (χ3n) is 5.56. The minimum absolute atomic E-state index is 0.00196. The van der Waals surface area contributed by atoms with Crippen LogP contribution in [0.15, 0.2) is 53.6 Å². The van der Waals surface area contributed by atoms with Gasteiger partial charge in [0.1, 0.15) is 11.5 Å². The quantitative estimate of drug-likeness (QED) is 0.566. The number of aromatic nitrogens is 1. The average molecular weight is 430 g/mol. The van der Waals surface area contributed by atoms with Gasteiger partial charge in [-0.05, 0) is 55.0 Å². The summed E-state index contributed by atoms with van der Waals surface area (Å²) in [4.78, 5) is 29.8. The summed E-state index contributed by atoms with van der Waals surface area (Å²) >= 11 is 0. The van der Waals surface area contributed by atoms with Crippen LogP contribution < -0.4 is 0 Å². The normalized spacial score (nSPS) is 16.2. The number of pyridine rings is 1. The predicted octanol–water partition coefficient (Wildman–Crippen LogP) is 3.62. The maximum absolute atomic E-state index is 13.1. The Labute approximate surface area is 177 Å². The van der Waals surface area contributed by atoms with Crippen LogP contribution in [0.3, 0.4) is 0 Å². The van der Waals surface area contributed by atoms with Gasteiger partial charge < -0.3 is 4.74 Å². The Kier molecular flexibility index (Phi) is 7.50. The van der Waals surface area contributed by atoms with Crippen LogP contribution in [0.2, 0.25) is 0 Å². The summed E-state index contributed by atoms with van der Waals surface area (Å²) in [6.45, 7) is 1.38. The molecule has 1 aliphatic rings. The first kappa shape index (κ1) is 22.3. The second-order valence-corrected chi connectivity index (χ2v) is 9.81. The largest absolute Gasteiger partial charge is 0.381 e. The van der Waals surface area contributed by atoms with Gasteiger partial charge in [0.25, 0.3) is 0 Å². The number of ketones is 2. The third-order valence-corrected chi connectivity index (χ3v) is 6.69. The maximum Gasteiger partial charge on any atom is 0.181 e. The van der Waals surface area contributed by atoms with Gasteiger partial charge >= 0.3 is 0 Å². The molecule has 2 heterocycles. The molecule has 0 N–H and O–H groups in total. The van der Waals surface area contributed by atoms with E-state index in [9.17, 15) is 18.0 Å². The van der Waals surface area contributed by atoms with E-state index in [1.807, 2.05) is 0 Å². The second kappa shape index (κ2) is 10.1. The average Bonchev–Trinajstić information content (AvgIpc) is 2.76. The molecule has 1 saturated heterocycles. The van der Waals surface area contributed by atoms with Crippen LogP contribution in [0.1, 0.15) is 54.1 Å². The second-order valence-electron chi connectivity index (χ2n) is 7.79. The number of Topliss-reactive ketones (excluding diaryl/α,β-unsaturated/α-hetero) is 2. The molecule has 2 aromatic rings. The molecule has 30 heavy (non-hydrogen) atoms. The van der Waals surface area contributed by atoms with Crippen LogP contribution in [0.4, 0.5) is 0 Å². The molecular weight excluding hydrogens is 402 g/mol. The zero-order chi connectivity index (χ0) is 21.6. The molecule has 6 nitrogen and oxygen atoms in total. The van der Waals surface area contributed by atoms with E-state index in [2.05, 4.69) is 4.98 Å². The SMILES string of the molecule is CS(=O)(=O)c1ccc(C(CC2CCOCC2)C(=O)CCC(=O)c2ccccn2)cc1. The highest BCUT2D eigenvalue weighted by Crippen LogP contribution is 2.32. The lowest BCUT2D eigenvalue weighted by Gasteiger charge is -2.26. The standard InChI is InChI=1S/C23H27NO5S/c1-30(27,28)19-7-5-18(6-8-19)20(16-17-11-14-29-15-12-17)22(25)9-10-23(26)21-4-2-3-13-24-21/h2-8,13,17,20H,9-12,14-16H2,1H3. The van der Waals surface area contributed by atoms with Gasteiger partial charge in [0.15, 0.2) is 15.6 Å². The van der Waals surface area contributed by atoms with Gasteiger partial charge in [0, 0.05) is 44.4 Å². The highest BCUT2D eigenvalue weighted by molar-refractivity contribution is 7.90. The Hall–Kier alpha value is -2.38. The smallest absolute Gasteiger partial charge is 0.181 e. The molecule has 1 unspecified atom stereocenters. The van der Waals surface area contributed by atoms with E-state index in [1.54, 1.807) is 48.7 Å². The summed E-state index contributed by atoms with van der Waals surface area (Å²) in [5, 5.41) is 0. The molecule has 0 spiro atoms. The topological polar surface area (TPSA) is 90.4 Å². The molecule has 1 fully saturated rings. The van der Waals surface area contributed by atoms with E-state index in [4.69, 9.17) is 4.74 Å². The number of benzene rings is 1. The van der Waals surface area contributed by atoms with Gasteiger partial charge in [-0.25, -0.2) is 8.42 Å². The van der Waals surface area contributed by atoms with Gasteiger partial charge in [-0.2, -0.15) is 0 Å². The van der Waals surface area contributed by atoms with Crippen molar-refractivity contribution in [1.29, 1.82) is 0 Å². The van der Waals surface area contributed by atoms with Crippen molar-refractivity contribution in [2.45, 2.75) is 42.9 Å². The number of rotatable bonds is 9. The first-order chi connectivity index (χ1) is 14.3. The van der Waals surface area contributed by atoms with Crippen LogP contribution in [0.25, 0.3) is 0 Å². The monoisotopic (exact) mass is 429 g/mol. The fourth-order valence-electron chi connectivity index (χ4n) is 3.78. The summed E-state index contributed by atoms with van der Waals surface area (Å²) < 4.78 is 28.9. The van der Waals surface area contributed by atoms with Gasteiger partial charge in [-0.15, -0.1) is 0 Å². The zero-order valence-electron chi connectivity index (χ0n) is 17.1. The number of carbonyl (C=O) groups excluding carboxylic acids is 2. The number of nitrogens with zero attached hydrogens (tertiary/aromatic N) is 1. The van der Waals surface area contributed by atoms with Crippen molar-refractivity contribution in [1.82, 2.24) is 4.98 Å². The van der Waals surface area contributed by atoms with Crippen LogP contribution in [0, 0.1) is 5.92 Å². The van der Waals surface area contributed by atoms with Crippen molar-refractivity contribution in [3.05, 3.63) is 59.9 Å². The summed E-state index contributed by atoms with van der Waals surface area (Å²) in [6.07, 6.45) is 5.45. The number of sulfone groups is 1. The van der Waals surface area contributed by atoms with Crippen molar-refractivity contribution in [2.75, 3.05) is 19.5 Å². The Morgan fingerprint density at radius 3 is 2.37 bits per heavy atom. The molecular formula is C23H27NO5S. The summed E-state index contributed by atoms with van der Waals surface area (Å²) in [6, 6.07) is 11.7. The van der Waals surface area contributed by atoms with Crippen LogP contribution in [-0.2, 0) is 19.4 Å². The molecule has 1 aromatic heterocycles. The fourth-order valence-corrected chi connectivity index (χ4v) is 4.41. The molecule has 0 bridgehead atoms. The van der Waals surface area contributed by atoms with Crippen molar-refractivity contribution < 1.29 is 22.7 Å². The molecule has 0 saturated carbocycles. The van der Waals surface area contributed by atoms with Crippen molar-refractivity contribution in [2.24, 2.45) is 5.92 Å². The lowest BCUT2D eigenvalue weighted by molar-refractivity contribution is -0.121. The number of hydrogen-bond acceptors (Lipinski definition) is 6. The maximum atomic E-state index is 13.1. The fraction of sp³-hybridized carbons (Fsp3) is 0.435. The van der Waals surface area contributed by atoms with Gasteiger partial charge in [-0.3, -0.25) is 14.6 Å². The van der Waals surface area contributed by atoms with Crippen molar-refractivity contribution in [3.63, 3.8) is 0 Å². The molecule has 160 valence electrons. The Balaban J connectivity index is 1.74. The predicted molar refractivity (Wildman–Crippen MR) is 113 cm³/mol. The van der Waals surface area contributed by atoms with Crippen LogP contribution in [-0.4, -0.2) is 44.4 Å². The molecule has 3 rings (SSSR count). The third kappa shape index (κ3) is 6.06. The minimum Gasteiger partial charge on any atom is -0.381 e. The minimum atomic E-state index is -3.30. The van der Waals surface area contributed by atoms with Crippen LogP contribution >= 0.6 is 0 Å². The van der Waals surface area contributed by atoms with Gasteiger partial charge in [0.05, 0.1) is 4.90 Å². The summed E-state index contributed by atoms with van der Waals surface area (Å²) in [5.41, 5.74) is 1.16. The van der Waals surface area contributed by atoms with Crippen molar-refractivity contribution in [3.8, 4) is 0 Å². The molecule has 1 aromatic carbocycles. The van der Waals surface area contributed by atoms with E-state index >= 15 is 0 Å². The Morgan fingerprint density at radius 1 is 1.07 bits per heavy atom. The molecule has 1 aliphatic heterocycles.